The van der Waals surface area contributed by atoms with E-state index in [9.17, 15) is 0 Å². The fraction of sp³-hybridized carbons (Fsp3) is 0.750. The molecule has 0 aromatic carbocycles. The summed E-state index contributed by atoms with van der Waals surface area (Å²) < 4.78 is 12.5. The summed E-state index contributed by atoms with van der Waals surface area (Å²) in [5.74, 6) is 0.921. The van der Waals surface area contributed by atoms with E-state index in [1.807, 2.05) is 25.6 Å². The van der Waals surface area contributed by atoms with Gasteiger partial charge in [-0.25, -0.2) is 0 Å². The number of rotatable bonds is 8. The van der Waals surface area contributed by atoms with Crippen LogP contribution in [-0.4, -0.2) is 43.2 Å². The normalized spacial score (nSPS) is 10.8. The van der Waals surface area contributed by atoms with E-state index in [1.165, 1.54) is 0 Å². The van der Waals surface area contributed by atoms with Crippen molar-refractivity contribution in [1.29, 1.82) is 0 Å². The van der Waals surface area contributed by atoms with Crippen molar-refractivity contribution in [2.45, 2.75) is 20.3 Å². The van der Waals surface area contributed by atoms with Gasteiger partial charge in [-0.05, 0) is 26.8 Å². The van der Waals surface area contributed by atoms with Gasteiger partial charge in [0.05, 0.1) is 18.9 Å². The van der Waals surface area contributed by atoms with Crippen molar-refractivity contribution in [2.24, 2.45) is 7.05 Å². The summed E-state index contributed by atoms with van der Waals surface area (Å²) in [7, 11) is 3.64. The molecule has 5 heteroatoms. The highest BCUT2D eigenvalue weighted by atomic mass is 16.5. The van der Waals surface area contributed by atoms with Crippen molar-refractivity contribution in [3.8, 4) is 5.75 Å². The zero-order valence-electron chi connectivity index (χ0n) is 11.2. The van der Waals surface area contributed by atoms with Crippen LogP contribution < -0.4 is 10.1 Å². The van der Waals surface area contributed by atoms with E-state index in [-0.39, 0.29) is 0 Å². The molecule has 5 nitrogen and oxygen atoms in total. The van der Waals surface area contributed by atoms with Crippen molar-refractivity contribution >= 4 is 0 Å². The Balaban J connectivity index is 2.18. The standard InChI is InChI=1S/C12H23N3O2/c1-10-12(11(2)15(3)14-10)17-8-5-6-13-7-9-16-4/h13H,5-9H2,1-4H3. The zero-order chi connectivity index (χ0) is 12.7. The van der Waals surface area contributed by atoms with Crippen LogP contribution in [0, 0.1) is 13.8 Å². The number of aryl methyl sites for hydroxylation is 2. The van der Waals surface area contributed by atoms with Crippen LogP contribution in [0.5, 0.6) is 5.75 Å². The largest absolute Gasteiger partial charge is 0.490 e. The van der Waals surface area contributed by atoms with Crippen LogP contribution in [0.15, 0.2) is 0 Å². The molecule has 0 unspecified atom stereocenters. The molecule has 1 heterocycles. The summed E-state index contributed by atoms with van der Waals surface area (Å²) in [5.41, 5.74) is 2.03. The van der Waals surface area contributed by atoms with Crippen LogP contribution in [0.1, 0.15) is 17.8 Å². The Morgan fingerprint density at radius 2 is 2.00 bits per heavy atom. The molecule has 0 aliphatic rings. The molecular weight excluding hydrogens is 218 g/mol. The average molecular weight is 241 g/mol. The topological polar surface area (TPSA) is 48.3 Å². The van der Waals surface area contributed by atoms with Crippen molar-refractivity contribution in [3.05, 3.63) is 11.4 Å². The molecule has 1 rings (SSSR count). The van der Waals surface area contributed by atoms with Crippen LogP contribution in [0.25, 0.3) is 0 Å². The lowest BCUT2D eigenvalue weighted by atomic mass is 10.3. The number of nitrogens with zero attached hydrogens (tertiary/aromatic N) is 2. The molecule has 0 atom stereocenters. The van der Waals surface area contributed by atoms with Gasteiger partial charge in [0.2, 0.25) is 0 Å². The van der Waals surface area contributed by atoms with Crippen LogP contribution in [0.2, 0.25) is 0 Å². The molecule has 0 aliphatic carbocycles. The van der Waals surface area contributed by atoms with Gasteiger partial charge in [0.15, 0.2) is 5.75 Å². The third kappa shape index (κ3) is 4.36. The maximum Gasteiger partial charge on any atom is 0.162 e. The van der Waals surface area contributed by atoms with E-state index in [0.29, 0.717) is 6.61 Å². The predicted molar refractivity (Wildman–Crippen MR) is 67.5 cm³/mol. The molecule has 0 amide bonds. The maximum absolute atomic E-state index is 5.74. The highest BCUT2D eigenvalue weighted by Gasteiger charge is 2.09. The minimum Gasteiger partial charge on any atom is -0.490 e. The van der Waals surface area contributed by atoms with Crippen molar-refractivity contribution in [1.82, 2.24) is 15.1 Å². The summed E-state index contributed by atoms with van der Waals surface area (Å²) >= 11 is 0. The van der Waals surface area contributed by atoms with Gasteiger partial charge in [-0.3, -0.25) is 4.68 Å². The van der Waals surface area contributed by atoms with E-state index < -0.39 is 0 Å². The first-order valence-corrected chi connectivity index (χ1v) is 5.99. The lowest BCUT2D eigenvalue weighted by molar-refractivity contribution is 0.198. The summed E-state index contributed by atoms with van der Waals surface area (Å²) in [6.07, 6.45) is 0.984. The Bertz CT molecular complexity index is 337. The van der Waals surface area contributed by atoms with E-state index >= 15 is 0 Å². The summed E-state index contributed by atoms with van der Waals surface area (Å²) in [6.45, 7) is 7.30. The first-order valence-electron chi connectivity index (χ1n) is 5.99. The molecule has 0 radical (unpaired) electrons. The number of ether oxygens (including phenoxy) is 2. The Kier molecular flexibility index (Phi) is 6.00. The van der Waals surface area contributed by atoms with Crippen LogP contribution >= 0.6 is 0 Å². The highest BCUT2D eigenvalue weighted by Crippen LogP contribution is 2.21. The molecule has 0 saturated carbocycles. The molecule has 0 aliphatic heterocycles. The monoisotopic (exact) mass is 241 g/mol. The van der Waals surface area contributed by atoms with Crippen molar-refractivity contribution < 1.29 is 9.47 Å². The van der Waals surface area contributed by atoms with Crippen molar-refractivity contribution in [3.63, 3.8) is 0 Å². The SMILES string of the molecule is COCCNCCCOc1c(C)nn(C)c1C. The third-order valence-electron chi connectivity index (χ3n) is 2.67. The molecule has 98 valence electrons. The molecule has 0 saturated heterocycles. The fourth-order valence-corrected chi connectivity index (χ4v) is 1.63. The van der Waals surface area contributed by atoms with Gasteiger partial charge in [-0.2, -0.15) is 5.10 Å². The number of methoxy groups -OCH3 is 1. The zero-order valence-corrected chi connectivity index (χ0v) is 11.2. The highest BCUT2D eigenvalue weighted by molar-refractivity contribution is 5.31. The minimum absolute atomic E-state index is 0.716. The Labute approximate surface area is 103 Å². The van der Waals surface area contributed by atoms with Gasteiger partial charge < -0.3 is 14.8 Å². The molecule has 1 aromatic rings. The Hall–Kier alpha value is -1.07. The summed E-state index contributed by atoms with van der Waals surface area (Å²) in [4.78, 5) is 0. The Morgan fingerprint density at radius 1 is 1.24 bits per heavy atom. The smallest absolute Gasteiger partial charge is 0.162 e. The van der Waals surface area contributed by atoms with E-state index in [2.05, 4.69) is 10.4 Å². The second-order valence-corrected chi connectivity index (χ2v) is 4.07. The van der Waals surface area contributed by atoms with Gasteiger partial charge in [0, 0.05) is 20.7 Å². The molecule has 1 aromatic heterocycles. The van der Waals surface area contributed by atoms with Crippen LogP contribution in [0.3, 0.4) is 0 Å². The van der Waals surface area contributed by atoms with Crippen molar-refractivity contribution in [2.75, 3.05) is 33.4 Å². The van der Waals surface area contributed by atoms with Crippen LogP contribution in [-0.2, 0) is 11.8 Å². The molecule has 1 N–H and O–H groups in total. The first-order chi connectivity index (χ1) is 8.16. The lowest BCUT2D eigenvalue weighted by Gasteiger charge is -2.07. The summed E-state index contributed by atoms with van der Waals surface area (Å²) in [5, 5.41) is 7.59. The van der Waals surface area contributed by atoms with Gasteiger partial charge in [-0.1, -0.05) is 0 Å². The summed E-state index contributed by atoms with van der Waals surface area (Å²) in [6, 6.07) is 0. The second kappa shape index (κ2) is 7.29. The fourth-order valence-electron chi connectivity index (χ4n) is 1.63. The molecule has 0 bridgehead atoms. The number of aromatic nitrogens is 2. The number of hydrogen-bond donors (Lipinski definition) is 1. The van der Waals surface area contributed by atoms with Crippen LogP contribution in [0.4, 0.5) is 0 Å². The van der Waals surface area contributed by atoms with E-state index in [4.69, 9.17) is 9.47 Å². The minimum atomic E-state index is 0.716. The molecule has 17 heavy (non-hydrogen) atoms. The average Bonchev–Trinajstić information content (AvgIpc) is 2.54. The van der Waals surface area contributed by atoms with Gasteiger partial charge in [0.25, 0.3) is 0 Å². The van der Waals surface area contributed by atoms with Gasteiger partial charge in [-0.15, -0.1) is 0 Å². The molecule has 0 spiro atoms. The second-order valence-electron chi connectivity index (χ2n) is 4.07. The predicted octanol–water partition coefficient (Wildman–Crippen LogP) is 1.04. The lowest BCUT2D eigenvalue weighted by Crippen LogP contribution is -2.21. The number of nitrogens with one attached hydrogen (secondary N) is 1. The maximum atomic E-state index is 5.74. The molecular formula is C12H23N3O2. The third-order valence-corrected chi connectivity index (χ3v) is 2.67. The first kappa shape index (κ1) is 14.0. The van der Waals surface area contributed by atoms with Gasteiger partial charge in [0.1, 0.15) is 5.69 Å². The van der Waals surface area contributed by atoms with Gasteiger partial charge >= 0.3 is 0 Å². The van der Waals surface area contributed by atoms with E-state index in [0.717, 1.165) is 43.3 Å². The Morgan fingerprint density at radius 3 is 2.59 bits per heavy atom. The van der Waals surface area contributed by atoms with E-state index in [1.54, 1.807) is 7.11 Å². The molecule has 0 fully saturated rings. The quantitative estimate of drug-likeness (QED) is 0.691. The number of hydrogen-bond acceptors (Lipinski definition) is 4.